The third-order valence-electron chi connectivity index (χ3n) is 3.82. The van der Waals surface area contributed by atoms with Gasteiger partial charge in [-0.3, -0.25) is 0 Å². The predicted molar refractivity (Wildman–Crippen MR) is 91.9 cm³/mol. The number of nitrogens with zero attached hydrogens (tertiary/aromatic N) is 1. The second kappa shape index (κ2) is 5.98. The number of aryl methyl sites for hydroxylation is 2. The monoisotopic (exact) mass is 312 g/mol. The molecule has 2 nitrogen and oxygen atoms in total. The van der Waals surface area contributed by atoms with Crippen LogP contribution in [0.2, 0.25) is 0 Å². The Morgan fingerprint density at radius 3 is 2.50 bits per heavy atom. The van der Waals surface area contributed by atoms with Gasteiger partial charge in [0.25, 0.3) is 0 Å². The molecule has 1 atom stereocenters. The summed E-state index contributed by atoms with van der Waals surface area (Å²) in [5.74, 6) is 2.39. The van der Waals surface area contributed by atoms with Gasteiger partial charge in [-0.25, -0.2) is 4.98 Å². The molecule has 2 rings (SSSR count). The van der Waals surface area contributed by atoms with E-state index in [0.717, 1.165) is 12.2 Å². The van der Waals surface area contributed by atoms with Gasteiger partial charge in [-0.2, -0.15) is 11.8 Å². The molecule has 1 aromatic heterocycles. The first kappa shape index (κ1) is 16.3. The second-order valence-corrected chi connectivity index (χ2v) is 9.28. The van der Waals surface area contributed by atoms with Crippen molar-refractivity contribution in [2.75, 3.05) is 11.5 Å². The highest BCUT2D eigenvalue weighted by molar-refractivity contribution is 7.99. The summed E-state index contributed by atoms with van der Waals surface area (Å²) in [6.45, 7) is 13.7. The van der Waals surface area contributed by atoms with E-state index < -0.39 is 0 Å². The molecule has 114 valence electrons. The molecule has 1 N–H and O–H groups in total. The second-order valence-electron chi connectivity index (χ2n) is 7.09. The molecule has 1 unspecified atom stereocenters. The molecule has 0 aromatic carbocycles. The zero-order valence-corrected chi connectivity index (χ0v) is 15.3. The predicted octanol–water partition coefficient (Wildman–Crippen LogP) is 4.37. The fourth-order valence-corrected chi connectivity index (χ4v) is 5.90. The van der Waals surface area contributed by atoms with Gasteiger partial charge in [0.2, 0.25) is 0 Å². The van der Waals surface area contributed by atoms with E-state index in [4.69, 9.17) is 4.98 Å². The first-order chi connectivity index (χ1) is 9.28. The molecular formula is C16H28N2S2. The fraction of sp³-hybridized carbons (Fsp3) is 0.812. The maximum atomic E-state index is 4.99. The number of rotatable bonds is 4. The average Bonchev–Trinajstić information content (AvgIpc) is 2.68. The Balaban J connectivity index is 2.40. The Labute approximate surface area is 132 Å². The van der Waals surface area contributed by atoms with Gasteiger partial charge in [0.15, 0.2) is 0 Å². The quantitative estimate of drug-likeness (QED) is 0.893. The summed E-state index contributed by atoms with van der Waals surface area (Å²) in [6.07, 6.45) is 2.22. The third kappa shape index (κ3) is 3.40. The maximum absolute atomic E-state index is 4.99. The van der Waals surface area contributed by atoms with Crippen molar-refractivity contribution in [3.05, 3.63) is 15.6 Å². The van der Waals surface area contributed by atoms with Crippen LogP contribution in [-0.2, 0) is 12.0 Å². The van der Waals surface area contributed by atoms with Gasteiger partial charge in [-0.05, 0) is 44.8 Å². The van der Waals surface area contributed by atoms with E-state index in [-0.39, 0.29) is 5.54 Å². The summed E-state index contributed by atoms with van der Waals surface area (Å²) in [5, 5.41) is 5.17. The van der Waals surface area contributed by atoms with Crippen molar-refractivity contribution in [2.45, 2.75) is 66.0 Å². The summed E-state index contributed by atoms with van der Waals surface area (Å²) in [7, 11) is 0. The van der Waals surface area contributed by atoms with E-state index >= 15 is 0 Å². The number of aromatic nitrogens is 1. The van der Waals surface area contributed by atoms with E-state index in [2.05, 4.69) is 58.6 Å². The third-order valence-corrected chi connectivity index (χ3v) is 6.72. The number of thiazole rings is 1. The lowest BCUT2D eigenvalue weighted by Gasteiger charge is -2.45. The fourth-order valence-electron chi connectivity index (χ4n) is 3.23. The summed E-state index contributed by atoms with van der Waals surface area (Å²) < 4.78 is 0. The lowest BCUT2D eigenvalue weighted by Crippen LogP contribution is -2.53. The largest absolute Gasteiger partial charge is 0.302 e. The zero-order chi connectivity index (χ0) is 15.0. The van der Waals surface area contributed by atoms with Crippen molar-refractivity contribution in [3.63, 3.8) is 0 Å². The Hall–Kier alpha value is -0.0600. The van der Waals surface area contributed by atoms with Crippen LogP contribution < -0.4 is 5.32 Å². The lowest BCUT2D eigenvalue weighted by molar-refractivity contribution is 0.211. The van der Waals surface area contributed by atoms with Crippen molar-refractivity contribution in [1.82, 2.24) is 10.3 Å². The van der Waals surface area contributed by atoms with Crippen LogP contribution in [0.15, 0.2) is 0 Å². The highest BCUT2D eigenvalue weighted by Gasteiger charge is 2.44. The normalized spacial score (nSPS) is 26.1. The van der Waals surface area contributed by atoms with Crippen molar-refractivity contribution in [2.24, 2.45) is 5.41 Å². The standard InChI is InChI=1S/C16H28N2S2/c1-7-13-12(4)20-14(17-13)16(18-11(2)3)8-15(5,6)9-19-10-16/h11,18H,7-10H2,1-6H3. The van der Waals surface area contributed by atoms with E-state index in [0.29, 0.717) is 11.5 Å². The molecule has 0 spiro atoms. The molecular weight excluding hydrogens is 284 g/mol. The molecule has 20 heavy (non-hydrogen) atoms. The topological polar surface area (TPSA) is 24.9 Å². The number of hydrogen-bond donors (Lipinski definition) is 1. The number of hydrogen-bond acceptors (Lipinski definition) is 4. The first-order valence-electron chi connectivity index (χ1n) is 7.60. The summed E-state index contributed by atoms with van der Waals surface area (Å²) in [4.78, 5) is 6.38. The molecule has 1 aliphatic rings. The SMILES string of the molecule is CCc1nc(C2(NC(C)C)CSCC(C)(C)C2)sc1C. The molecule has 1 aliphatic heterocycles. The van der Waals surface area contributed by atoms with Gasteiger partial charge in [0.05, 0.1) is 11.2 Å². The number of thioether (sulfide) groups is 1. The molecule has 1 fully saturated rings. The van der Waals surface area contributed by atoms with Crippen LogP contribution in [0.4, 0.5) is 0 Å². The van der Waals surface area contributed by atoms with Crippen LogP contribution in [-0.4, -0.2) is 22.5 Å². The van der Waals surface area contributed by atoms with Crippen LogP contribution in [0.1, 0.15) is 56.6 Å². The Bertz CT molecular complexity index is 465. The van der Waals surface area contributed by atoms with Crippen LogP contribution in [0.3, 0.4) is 0 Å². The van der Waals surface area contributed by atoms with Crippen LogP contribution in [0, 0.1) is 12.3 Å². The Morgan fingerprint density at radius 2 is 2.00 bits per heavy atom. The van der Waals surface area contributed by atoms with Gasteiger partial charge in [0.1, 0.15) is 5.01 Å². The van der Waals surface area contributed by atoms with E-state index in [1.54, 1.807) is 0 Å². The van der Waals surface area contributed by atoms with Gasteiger partial charge in [-0.1, -0.05) is 20.8 Å². The molecule has 0 aliphatic carbocycles. The van der Waals surface area contributed by atoms with Crippen LogP contribution in [0.5, 0.6) is 0 Å². The average molecular weight is 313 g/mol. The summed E-state index contributed by atoms with van der Waals surface area (Å²) in [6, 6.07) is 0.485. The molecule has 1 aromatic rings. The molecule has 0 amide bonds. The van der Waals surface area contributed by atoms with Crippen molar-refractivity contribution in [3.8, 4) is 0 Å². The number of nitrogens with one attached hydrogen (secondary N) is 1. The lowest BCUT2D eigenvalue weighted by atomic mass is 9.79. The van der Waals surface area contributed by atoms with Gasteiger partial charge in [-0.15, -0.1) is 11.3 Å². The van der Waals surface area contributed by atoms with Crippen molar-refractivity contribution < 1.29 is 0 Å². The first-order valence-corrected chi connectivity index (χ1v) is 9.57. The highest BCUT2D eigenvalue weighted by atomic mass is 32.2. The Kier molecular flexibility index (Phi) is 4.87. The zero-order valence-electron chi connectivity index (χ0n) is 13.7. The van der Waals surface area contributed by atoms with Gasteiger partial charge >= 0.3 is 0 Å². The van der Waals surface area contributed by atoms with E-state index in [1.807, 2.05) is 11.3 Å². The molecule has 4 heteroatoms. The van der Waals surface area contributed by atoms with Gasteiger partial charge < -0.3 is 5.32 Å². The highest BCUT2D eigenvalue weighted by Crippen LogP contribution is 2.46. The minimum Gasteiger partial charge on any atom is -0.302 e. The van der Waals surface area contributed by atoms with Crippen molar-refractivity contribution in [1.29, 1.82) is 0 Å². The smallest absolute Gasteiger partial charge is 0.114 e. The van der Waals surface area contributed by atoms with Crippen LogP contribution >= 0.6 is 23.1 Å². The molecule has 0 bridgehead atoms. The Morgan fingerprint density at radius 1 is 1.30 bits per heavy atom. The van der Waals surface area contributed by atoms with Crippen molar-refractivity contribution >= 4 is 23.1 Å². The van der Waals surface area contributed by atoms with E-state index in [9.17, 15) is 0 Å². The minimum atomic E-state index is 0.0590. The maximum Gasteiger partial charge on any atom is 0.114 e. The molecule has 1 saturated heterocycles. The van der Waals surface area contributed by atoms with Crippen LogP contribution in [0.25, 0.3) is 0 Å². The van der Waals surface area contributed by atoms with E-state index in [1.165, 1.54) is 27.8 Å². The summed E-state index contributed by atoms with van der Waals surface area (Å²) in [5.41, 5.74) is 1.71. The van der Waals surface area contributed by atoms with Gasteiger partial charge in [0, 0.05) is 16.7 Å². The molecule has 2 heterocycles. The molecule has 0 radical (unpaired) electrons. The minimum absolute atomic E-state index is 0.0590. The summed E-state index contributed by atoms with van der Waals surface area (Å²) >= 11 is 3.97. The molecule has 0 saturated carbocycles.